The Kier molecular flexibility index (Phi) is 6.88. The second-order valence-corrected chi connectivity index (χ2v) is 9.48. The number of pyridine rings is 1. The van der Waals surface area contributed by atoms with Gasteiger partial charge >= 0.3 is 5.69 Å². The molecule has 3 aromatic heterocycles. The normalized spacial score (nSPS) is 17.8. The van der Waals surface area contributed by atoms with Crippen LogP contribution in [0.15, 0.2) is 53.7 Å². The number of aryl methyl sites for hydroxylation is 1. The van der Waals surface area contributed by atoms with Gasteiger partial charge in [-0.3, -0.25) is 14.1 Å². The average molecular weight is 472 g/mol. The quantitative estimate of drug-likeness (QED) is 0.369. The van der Waals surface area contributed by atoms with Crippen LogP contribution in [0.3, 0.4) is 0 Å². The number of nitrogens with one attached hydrogen (secondary N) is 1. The van der Waals surface area contributed by atoms with E-state index in [2.05, 4.69) is 51.7 Å². The van der Waals surface area contributed by atoms with E-state index in [0.717, 1.165) is 60.1 Å². The van der Waals surface area contributed by atoms with Crippen molar-refractivity contribution in [2.75, 3.05) is 0 Å². The molecule has 0 amide bonds. The summed E-state index contributed by atoms with van der Waals surface area (Å²) in [6.45, 7) is 4.92. The van der Waals surface area contributed by atoms with Crippen molar-refractivity contribution in [1.82, 2.24) is 34.7 Å². The van der Waals surface area contributed by atoms with Gasteiger partial charge in [-0.15, -0.1) is 10.2 Å². The van der Waals surface area contributed by atoms with Gasteiger partial charge in [-0.25, -0.2) is 4.79 Å². The largest absolute Gasteiger partial charge is 0.328 e. The number of tetrazole rings is 1. The molecule has 1 aliphatic carbocycles. The maximum absolute atomic E-state index is 13.8. The molecule has 1 aromatic carbocycles. The van der Waals surface area contributed by atoms with Gasteiger partial charge in [0, 0.05) is 35.9 Å². The van der Waals surface area contributed by atoms with Gasteiger partial charge in [-0.2, -0.15) is 5.21 Å². The maximum atomic E-state index is 13.8. The third-order valence-corrected chi connectivity index (χ3v) is 7.41. The molecule has 2 unspecified atom stereocenters. The highest BCUT2D eigenvalue weighted by Gasteiger charge is 2.30. The highest BCUT2D eigenvalue weighted by Crippen LogP contribution is 2.37. The van der Waals surface area contributed by atoms with E-state index < -0.39 is 0 Å². The fraction of sp³-hybridized carbons (Fsp3) is 0.444. The van der Waals surface area contributed by atoms with Crippen molar-refractivity contribution in [3.63, 3.8) is 0 Å². The molecular formula is C27H33N7O. The monoisotopic (exact) mass is 471 g/mol. The molecule has 35 heavy (non-hydrogen) atoms. The van der Waals surface area contributed by atoms with E-state index in [-0.39, 0.29) is 5.69 Å². The van der Waals surface area contributed by atoms with Crippen LogP contribution in [0.4, 0.5) is 0 Å². The zero-order valence-electron chi connectivity index (χ0n) is 20.5. The lowest BCUT2D eigenvalue weighted by atomic mass is 9.96. The van der Waals surface area contributed by atoms with Crippen molar-refractivity contribution < 1.29 is 0 Å². The Morgan fingerprint density at radius 1 is 1.09 bits per heavy atom. The van der Waals surface area contributed by atoms with E-state index in [1.54, 1.807) is 6.20 Å². The van der Waals surface area contributed by atoms with Crippen LogP contribution in [-0.4, -0.2) is 34.7 Å². The van der Waals surface area contributed by atoms with E-state index in [1.165, 1.54) is 12.8 Å². The van der Waals surface area contributed by atoms with E-state index in [4.69, 9.17) is 0 Å². The Morgan fingerprint density at radius 2 is 1.94 bits per heavy atom. The number of imidazole rings is 1. The van der Waals surface area contributed by atoms with Crippen molar-refractivity contribution in [3.05, 3.63) is 70.7 Å². The third-order valence-electron chi connectivity index (χ3n) is 7.41. The number of nitrogens with zero attached hydrogens (tertiary/aromatic N) is 6. The predicted molar refractivity (Wildman–Crippen MR) is 136 cm³/mol. The number of hydrogen-bond donors (Lipinski definition) is 1. The van der Waals surface area contributed by atoms with Gasteiger partial charge in [-0.05, 0) is 59.6 Å². The van der Waals surface area contributed by atoms with Crippen LogP contribution >= 0.6 is 0 Å². The third kappa shape index (κ3) is 4.57. The summed E-state index contributed by atoms with van der Waals surface area (Å²) in [7, 11) is 0. The Labute approximate surface area is 205 Å². The van der Waals surface area contributed by atoms with Crippen LogP contribution in [0.1, 0.15) is 69.7 Å². The molecule has 5 rings (SSSR count). The first kappa shape index (κ1) is 23.2. The summed E-state index contributed by atoms with van der Waals surface area (Å²) in [5, 5.41) is 14.7. The molecule has 0 aliphatic heterocycles. The van der Waals surface area contributed by atoms with Crippen molar-refractivity contribution in [2.24, 2.45) is 5.92 Å². The summed E-state index contributed by atoms with van der Waals surface area (Å²) >= 11 is 0. The highest BCUT2D eigenvalue weighted by molar-refractivity contribution is 5.81. The summed E-state index contributed by atoms with van der Waals surface area (Å²) < 4.78 is 4.01. The second kappa shape index (κ2) is 10.4. The Balaban J connectivity index is 1.57. The van der Waals surface area contributed by atoms with Crippen molar-refractivity contribution in [1.29, 1.82) is 0 Å². The SMILES string of the molecule is CCCCc1cn(C2CCCC2CC)c(=O)n1Cc1cnccc1-c1ccccc1-c1nn[nH]n1. The van der Waals surface area contributed by atoms with Gasteiger partial charge in [0.05, 0.1) is 6.54 Å². The first-order valence-electron chi connectivity index (χ1n) is 12.8. The lowest BCUT2D eigenvalue weighted by Gasteiger charge is -2.18. The number of hydrogen-bond acceptors (Lipinski definition) is 5. The molecule has 4 aromatic rings. The summed E-state index contributed by atoms with van der Waals surface area (Å²) in [6.07, 6.45) is 13.5. The van der Waals surface area contributed by atoms with Gasteiger partial charge in [-0.1, -0.05) is 57.4 Å². The summed E-state index contributed by atoms with van der Waals surface area (Å²) in [5.74, 6) is 1.13. The standard InChI is InChI=1S/C27H33N7O/c1-3-5-10-21-18-34(25-13-8-9-19(25)4-2)27(35)33(21)17-20-16-28-15-14-22(20)23-11-6-7-12-24(23)26-29-31-32-30-26/h6-7,11-12,14-16,18-19,25H,3-5,8-10,13,17H2,1-2H3,(H,29,30,31,32). The van der Waals surface area contributed by atoms with Gasteiger partial charge in [0.15, 0.2) is 0 Å². The number of benzene rings is 1. The summed E-state index contributed by atoms with van der Waals surface area (Å²) in [6, 6.07) is 10.3. The molecular weight excluding hydrogens is 438 g/mol. The number of H-pyrrole nitrogens is 1. The molecule has 3 heterocycles. The molecule has 0 spiro atoms. The van der Waals surface area contributed by atoms with Crippen LogP contribution in [-0.2, 0) is 13.0 Å². The number of aromatic amines is 1. The summed E-state index contributed by atoms with van der Waals surface area (Å²) in [5.41, 5.74) is 5.12. The molecule has 1 aliphatic rings. The van der Waals surface area contributed by atoms with Gasteiger partial charge in [0.25, 0.3) is 0 Å². The first-order valence-corrected chi connectivity index (χ1v) is 12.8. The van der Waals surface area contributed by atoms with Crippen LogP contribution in [0, 0.1) is 5.92 Å². The minimum atomic E-state index is 0.0997. The second-order valence-electron chi connectivity index (χ2n) is 9.48. The number of unbranched alkanes of at least 4 members (excludes halogenated alkanes) is 1. The number of rotatable bonds is 9. The van der Waals surface area contributed by atoms with Gasteiger partial charge in [0.1, 0.15) is 0 Å². The lowest BCUT2D eigenvalue weighted by molar-refractivity contribution is 0.360. The summed E-state index contributed by atoms with van der Waals surface area (Å²) in [4.78, 5) is 18.2. The van der Waals surface area contributed by atoms with Crippen LogP contribution in [0.2, 0.25) is 0 Å². The highest BCUT2D eigenvalue weighted by atomic mass is 16.1. The molecule has 8 nitrogen and oxygen atoms in total. The molecule has 0 radical (unpaired) electrons. The molecule has 0 bridgehead atoms. The predicted octanol–water partition coefficient (Wildman–Crippen LogP) is 5.03. The van der Waals surface area contributed by atoms with Gasteiger partial charge in [0.2, 0.25) is 5.82 Å². The molecule has 8 heteroatoms. The van der Waals surface area contributed by atoms with Crippen LogP contribution < -0.4 is 5.69 Å². The van der Waals surface area contributed by atoms with Crippen molar-refractivity contribution >= 4 is 0 Å². The maximum Gasteiger partial charge on any atom is 0.328 e. The molecule has 182 valence electrons. The average Bonchev–Trinajstić information content (AvgIpc) is 3.65. The minimum Gasteiger partial charge on any atom is -0.296 e. The van der Waals surface area contributed by atoms with E-state index in [1.807, 2.05) is 39.6 Å². The Morgan fingerprint density at radius 3 is 2.71 bits per heavy atom. The lowest BCUT2D eigenvalue weighted by Crippen LogP contribution is -2.29. The molecule has 1 N–H and O–H groups in total. The Hall–Kier alpha value is -3.55. The zero-order chi connectivity index (χ0) is 24.2. The van der Waals surface area contributed by atoms with Crippen molar-refractivity contribution in [2.45, 2.75) is 71.4 Å². The fourth-order valence-electron chi connectivity index (χ4n) is 5.55. The van der Waals surface area contributed by atoms with Crippen LogP contribution in [0.25, 0.3) is 22.5 Å². The molecule has 2 atom stereocenters. The van der Waals surface area contributed by atoms with Crippen molar-refractivity contribution in [3.8, 4) is 22.5 Å². The molecule has 0 saturated heterocycles. The topological polar surface area (TPSA) is 94.3 Å². The zero-order valence-corrected chi connectivity index (χ0v) is 20.5. The molecule has 1 fully saturated rings. The number of aromatic nitrogens is 7. The van der Waals surface area contributed by atoms with Crippen LogP contribution in [0.5, 0.6) is 0 Å². The van der Waals surface area contributed by atoms with E-state index in [9.17, 15) is 4.79 Å². The van der Waals surface area contributed by atoms with E-state index in [0.29, 0.717) is 24.3 Å². The van der Waals surface area contributed by atoms with E-state index >= 15 is 0 Å². The first-order chi connectivity index (χ1) is 17.2. The minimum absolute atomic E-state index is 0.0997. The smallest absolute Gasteiger partial charge is 0.296 e. The molecule has 1 saturated carbocycles. The fourth-order valence-corrected chi connectivity index (χ4v) is 5.55. The van der Waals surface area contributed by atoms with Gasteiger partial charge < -0.3 is 0 Å². The Bertz CT molecular complexity index is 1320.